The lowest BCUT2D eigenvalue weighted by atomic mass is 9.80. The molecule has 0 radical (unpaired) electrons. The first-order chi connectivity index (χ1) is 18.3. The Labute approximate surface area is 233 Å². The molecular weight excluding hydrogens is 502 g/mol. The van der Waals surface area contributed by atoms with Gasteiger partial charge < -0.3 is 29.0 Å². The van der Waals surface area contributed by atoms with Gasteiger partial charge in [0.05, 0.1) is 25.7 Å². The molecular formula is C30H47NO8. The highest BCUT2D eigenvalue weighted by molar-refractivity contribution is 5.98. The molecule has 1 unspecified atom stereocenters. The molecule has 0 spiro atoms. The molecule has 0 saturated carbocycles. The molecule has 0 aromatic heterocycles. The highest BCUT2D eigenvalue weighted by Gasteiger charge is 2.43. The molecule has 39 heavy (non-hydrogen) atoms. The van der Waals surface area contributed by atoms with Crippen molar-refractivity contribution in [3.8, 4) is 11.5 Å². The largest absolute Gasteiger partial charge is 0.493 e. The van der Waals surface area contributed by atoms with E-state index in [1.165, 1.54) is 0 Å². The van der Waals surface area contributed by atoms with Crippen molar-refractivity contribution in [3.63, 3.8) is 0 Å². The van der Waals surface area contributed by atoms with Gasteiger partial charge in [-0.25, -0.2) is 4.79 Å². The molecule has 1 N–H and O–H groups in total. The molecule has 1 heterocycles. The van der Waals surface area contributed by atoms with E-state index in [1.54, 1.807) is 53.2 Å². The van der Waals surface area contributed by atoms with Crippen LogP contribution in [0.3, 0.4) is 0 Å². The number of esters is 1. The number of methoxy groups -OCH3 is 2. The number of nitrogens with one attached hydrogen (secondary N) is 1. The number of rotatable bonds is 14. The van der Waals surface area contributed by atoms with Crippen molar-refractivity contribution >= 4 is 17.8 Å². The number of ether oxygens (including phenoxy) is 5. The minimum absolute atomic E-state index is 0.0494. The van der Waals surface area contributed by atoms with Gasteiger partial charge >= 0.3 is 12.1 Å². The predicted octanol–water partition coefficient (Wildman–Crippen LogP) is 5.44. The Bertz CT molecular complexity index is 968. The van der Waals surface area contributed by atoms with Gasteiger partial charge in [-0.1, -0.05) is 27.7 Å². The van der Waals surface area contributed by atoms with Gasteiger partial charge in [-0.15, -0.1) is 0 Å². The van der Waals surface area contributed by atoms with Crippen molar-refractivity contribution in [1.82, 2.24) is 5.32 Å². The van der Waals surface area contributed by atoms with Crippen LogP contribution in [0.5, 0.6) is 11.5 Å². The maximum absolute atomic E-state index is 13.8. The van der Waals surface area contributed by atoms with E-state index in [2.05, 4.69) is 5.32 Å². The van der Waals surface area contributed by atoms with E-state index in [4.69, 9.17) is 23.7 Å². The minimum Gasteiger partial charge on any atom is -0.493 e. The zero-order chi connectivity index (χ0) is 29.3. The summed E-state index contributed by atoms with van der Waals surface area (Å²) in [5, 5.41) is 2.91. The van der Waals surface area contributed by atoms with E-state index in [-0.39, 0.29) is 35.9 Å². The molecule has 1 aliphatic heterocycles. The average molecular weight is 550 g/mol. The molecule has 9 nitrogen and oxygen atoms in total. The average Bonchev–Trinajstić information content (AvgIpc) is 3.24. The molecule has 1 saturated heterocycles. The second-order valence-corrected chi connectivity index (χ2v) is 11.8. The standard InChI is InChI=1S/C30H47NO8/c1-18(2)21(27(32)20-11-12-24(36-9)26(15-20)37-14-10-13-35-8)16-23(31-29(34)39-30(5,6)7)25-17-22(19(3)4)28(33)38-25/h11-12,15,18-19,21-23,25H,10,13-14,16-17H2,1-9H3,(H,31,34)/t21?,22-,23-,25-/m0/s1. The van der Waals surface area contributed by atoms with Crippen molar-refractivity contribution in [2.24, 2.45) is 23.7 Å². The van der Waals surface area contributed by atoms with Crippen LogP contribution < -0.4 is 14.8 Å². The lowest BCUT2D eigenvalue weighted by Crippen LogP contribution is -2.47. The van der Waals surface area contributed by atoms with Crippen LogP contribution in [-0.4, -0.2) is 63.0 Å². The number of cyclic esters (lactones) is 1. The molecule has 4 atom stereocenters. The molecule has 1 aromatic carbocycles. The number of alkyl carbamates (subject to hydrolysis) is 1. The molecule has 1 aromatic rings. The van der Waals surface area contributed by atoms with Crippen LogP contribution >= 0.6 is 0 Å². The first-order valence-corrected chi connectivity index (χ1v) is 13.8. The Morgan fingerprint density at radius 3 is 2.31 bits per heavy atom. The zero-order valence-electron chi connectivity index (χ0n) is 25.0. The van der Waals surface area contributed by atoms with Gasteiger partial charge in [-0.3, -0.25) is 9.59 Å². The van der Waals surface area contributed by atoms with E-state index in [1.807, 2.05) is 27.7 Å². The molecule has 0 aliphatic carbocycles. The molecule has 1 fully saturated rings. The third kappa shape index (κ3) is 9.71. The zero-order valence-corrected chi connectivity index (χ0v) is 25.0. The summed E-state index contributed by atoms with van der Waals surface area (Å²) >= 11 is 0. The summed E-state index contributed by atoms with van der Waals surface area (Å²) in [6, 6.07) is 4.55. The van der Waals surface area contributed by atoms with Gasteiger partial charge in [-0.2, -0.15) is 0 Å². The second kappa shape index (κ2) is 14.5. The van der Waals surface area contributed by atoms with Crippen molar-refractivity contribution in [1.29, 1.82) is 0 Å². The fourth-order valence-electron chi connectivity index (χ4n) is 4.68. The van der Waals surface area contributed by atoms with Crippen LogP contribution in [0.1, 0.15) is 78.1 Å². The second-order valence-electron chi connectivity index (χ2n) is 11.8. The van der Waals surface area contributed by atoms with E-state index in [0.717, 1.165) is 0 Å². The highest BCUT2D eigenvalue weighted by Crippen LogP contribution is 2.34. The Morgan fingerprint density at radius 2 is 1.77 bits per heavy atom. The van der Waals surface area contributed by atoms with Crippen LogP contribution in [0.4, 0.5) is 4.79 Å². The number of amides is 1. The highest BCUT2D eigenvalue weighted by atomic mass is 16.6. The Morgan fingerprint density at radius 1 is 1.08 bits per heavy atom. The van der Waals surface area contributed by atoms with Crippen molar-refractivity contribution < 1.29 is 38.1 Å². The number of benzene rings is 1. The quantitative estimate of drug-likeness (QED) is 0.186. The number of Topliss-reactive ketones (excluding diaryl/α,β-unsaturated/α-hetero) is 1. The maximum atomic E-state index is 13.8. The fourth-order valence-corrected chi connectivity index (χ4v) is 4.68. The normalized spacial score (nSPS) is 19.0. The maximum Gasteiger partial charge on any atom is 0.408 e. The Kier molecular flexibility index (Phi) is 12.1. The van der Waals surface area contributed by atoms with Gasteiger partial charge in [0.25, 0.3) is 0 Å². The Hall–Kier alpha value is -2.81. The third-order valence-electron chi connectivity index (χ3n) is 6.86. The smallest absolute Gasteiger partial charge is 0.408 e. The van der Waals surface area contributed by atoms with Crippen molar-refractivity contribution in [2.75, 3.05) is 27.4 Å². The van der Waals surface area contributed by atoms with Crippen LogP contribution in [0.2, 0.25) is 0 Å². The minimum atomic E-state index is -0.697. The summed E-state index contributed by atoms with van der Waals surface area (Å²) in [6.07, 6.45) is 0.291. The summed E-state index contributed by atoms with van der Waals surface area (Å²) in [5.74, 6) is -0.0107. The molecule has 0 bridgehead atoms. The van der Waals surface area contributed by atoms with Crippen LogP contribution in [-0.2, 0) is 19.0 Å². The lowest BCUT2D eigenvalue weighted by Gasteiger charge is -2.30. The molecule has 1 amide bonds. The summed E-state index contributed by atoms with van der Waals surface area (Å²) < 4.78 is 27.6. The number of ketones is 1. The molecule has 1 aliphatic rings. The van der Waals surface area contributed by atoms with Gasteiger partial charge in [0.1, 0.15) is 11.7 Å². The monoisotopic (exact) mass is 549 g/mol. The van der Waals surface area contributed by atoms with Gasteiger partial charge in [-0.05, 0) is 63.6 Å². The topological polar surface area (TPSA) is 109 Å². The predicted molar refractivity (Wildman–Crippen MR) is 148 cm³/mol. The first kappa shape index (κ1) is 32.4. The lowest BCUT2D eigenvalue weighted by molar-refractivity contribution is -0.146. The van der Waals surface area contributed by atoms with Gasteiger partial charge in [0.15, 0.2) is 17.3 Å². The van der Waals surface area contributed by atoms with E-state index >= 15 is 0 Å². The SMILES string of the molecule is COCCCOc1cc(C(=O)C(C[C@H](NC(=O)OC(C)(C)C)[C@@H]2C[C@@H](C(C)C)C(=O)O2)C(C)C)ccc1OC. The fraction of sp³-hybridized carbons (Fsp3) is 0.700. The first-order valence-electron chi connectivity index (χ1n) is 13.8. The summed E-state index contributed by atoms with van der Waals surface area (Å²) in [4.78, 5) is 39.2. The summed E-state index contributed by atoms with van der Waals surface area (Å²) in [5.41, 5.74) is -0.215. The Balaban J connectivity index is 2.32. The van der Waals surface area contributed by atoms with Crippen molar-refractivity contribution in [3.05, 3.63) is 23.8 Å². The number of carbonyl (C=O) groups excluding carboxylic acids is 3. The van der Waals surface area contributed by atoms with Crippen LogP contribution in [0.15, 0.2) is 18.2 Å². The van der Waals surface area contributed by atoms with Crippen molar-refractivity contribution in [2.45, 2.75) is 85.5 Å². The molecule has 2 rings (SSSR count). The van der Waals surface area contributed by atoms with E-state index in [9.17, 15) is 14.4 Å². The number of carbonyl (C=O) groups is 3. The van der Waals surface area contributed by atoms with Crippen LogP contribution in [0, 0.1) is 23.7 Å². The molecule has 9 heteroatoms. The van der Waals surface area contributed by atoms with Crippen LogP contribution in [0.25, 0.3) is 0 Å². The summed E-state index contributed by atoms with van der Waals surface area (Å²) in [6.45, 7) is 14.2. The van der Waals surface area contributed by atoms with Gasteiger partial charge in [0.2, 0.25) is 0 Å². The third-order valence-corrected chi connectivity index (χ3v) is 6.86. The van der Waals surface area contributed by atoms with E-state index < -0.39 is 29.8 Å². The van der Waals surface area contributed by atoms with E-state index in [0.29, 0.717) is 43.1 Å². The number of hydrogen-bond donors (Lipinski definition) is 1. The molecule has 220 valence electrons. The number of hydrogen-bond acceptors (Lipinski definition) is 8. The summed E-state index contributed by atoms with van der Waals surface area (Å²) in [7, 11) is 3.18. The van der Waals surface area contributed by atoms with Gasteiger partial charge in [0, 0.05) is 31.6 Å².